The van der Waals surface area contributed by atoms with Crippen LogP contribution in [0.4, 0.5) is 0 Å². The molecule has 0 saturated carbocycles. The van der Waals surface area contributed by atoms with Crippen molar-refractivity contribution in [2.45, 2.75) is 55.8 Å². The molecule has 0 amide bonds. The topological polar surface area (TPSA) is 153 Å². The molecule has 1 N–H and O–H groups in total. The smallest absolute Gasteiger partial charge is 0.331 e. The molecule has 0 aliphatic carbocycles. The van der Waals surface area contributed by atoms with E-state index in [0.29, 0.717) is 0 Å². The predicted octanol–water partition coefficient (Wildman–Crippen LogP) is -1.62. The SMILES string of the molecule is CC(=O)C=CC(=O)O[C@H]1CO[C@H]2[C@@H]1OC[C@H]2OC(=O)C=CC(=O)O[C@H]1CO[C@H]2[C@@H]1OC[C@H]2O. The van der Waals surface area contributed by atoms with Crippen LogP contribution in [0.15, 0.2) is 24.3 Å². The normalized spacial score (nSPS) is 37.3. The lowest BCUT2D eigenvalue weighted by atomic mass is 10.1. The first-order chi connectivity index (χ1) is 15.8. The van der Waals surface area contributed by atoms with Crippen molar-refractivity contribution in [3.8, 4) is 0 Å². The quantitative estimate of drug-likeness (QED) is 0.259. The summed E-state index contributed by atoms with van der Waals surface area (Å²) in [6.07, 6.45) is -1.28. The molecule has 0 unspecified atom stereocenters. The molecule has 4 fully saturated rings. The minimum absolute atomic E-state index is 0.0266. The molecule has 0 radical (unpaired) electrons. The van der Waals surface area contributed by atoms with Crippen LogP contribution in [0.2, 0.25) is 0 Å². The van der Waals surface area contributed by atoms with Gasteiger partial charge in [-0.15, -0.1) is 0 Å². The summed E-state index contributed by atoms with van der Waals surface area (Å²) in [5.41, 5.74) is 0. The van der Waals surface area contributed by atoms with Gasteiger partial charge < -0.3 is 38.3 Å². The number of rotatable bonds is 7. The number of allylic oxidation sites excluding steroid dienone is 1. The van der Waals surface area contributed by atoms with Crippen LogP contribution < -0.4 is 0 Å². The summed E-state index contributed by atoms with van der Waals surface area (Å²) in [5, 5.41) is 9.71. The molecule has 0 aromatic rings. The lowest BCUT2D eigenvalue weighted by Crippen LogP contribution is -2.35. The summed E-state index contributed by atoms with van der Waals surface area (Å²) in [6, 6.07) is 0. The molecule has 12 heteroatoms. The molecule has 33 heavy (non-hydrogen) atoms. The Bertz CT molecular complexity index is 850. The Balaban J connectivity index is 1.22. The van der Waals surface area contributed by atoms with Crippen molar-refractivity contribution >= 4 is 23.7 Å². The molecule has 0 aromatic carbocycles. The van der Waals surface area contributed by atoms with E-state index >= 15 is 0 Å². The van der Waals surface area contributed by atoms with Gasteiger partial charge >= 0.3 is 17.9 Å². The number of fused-ring (bicyclic) bond motifs is 2. The van der Waals surface area contributed by atoms with E-state index < -0.39 is 66.7 Å². The largest absolute Gasteiger partial charge is 0.454 e. The zero-order valence-electron chi connectivity index (χ0n) is 17.7. The Morgan fingerprint density at radius 1 is 0.636 bits per heavy atom. The second-order valence-corrected chi connectivity index (χ2v) is 7.96. The Labute approximate surface area is 188 Å². The van der Waals surface area contributed by atoms with Crippen LogP contribution in [0, 0.1) is 0 Å². The minimum Gasteiger partial charge on any atom is -0.454 e. The number of ether oxygens (including phenoxy) is 7. The average molecular weight is 468 g/mol. The second kappa shape index (κ2) is 10.1. The number of ketones is 1. The van der Waals surface area contributed by atoms with Crippen LogP contribution in [0.1, 0.15) is 6.92 Å². The molecule has 12 nitrogen and oxygen atoms in total. The van der Waals surface area contributed by atoms with Crippen molar-refractivity contribution in [3.63, 3.8) is 0 Å². The van der Waals surface area contributed by atoms with Gasteiger partial charge in [-0.2, -0.15) is 0 Å². The van der Waals surface area contributed by atoms with Gasteiger partial charge in [0.05, 0.1) is 26.4 Å². The predicted molar refractivity (Wildman–Crippen MR) is 104 cm³/mol. The molecule has 4 saturated heterocycles. The number of hydrogen-bond donors (Lipinski definition) is 1. The third-order valence-corrected chi connectivity index (χ3v) is 5.56. The fraction of sp³-hybridized carbons (Fsp3) is 0.619. The molecule has 4 aliphatic heterocycles. The lowest BCUT2D eigenvalue weighted by molar-refractivity contribution is -0.151. The maximum atomic E-state index is 12.1. The van der Waals surface area contributed by atoms with Crippen molar-refractivity contribution in [2.24, 2.45) is 0 Å². The number of carbonyl (C=O) groups excluding carboxylic acids is 4. The monoisotopic (exact) mass is 468 g/mol. The molecule has 4 rings (SSSR count). The number of carbonyl (C=O) groups is 4. The zero-order chi connectivity index (χ0) is 23.5. The molecule has 0 bridgehead atoms. The third-order valence-electron chi connectivity index (χ3n) is 5.56. The van der Waals surface area contributed by atoms with Gasteiger partial charge in [0.25, 0.3) is 0 Å². The Kier molecular flexibility index (Phi) is 7.20. The summed E-state index contributed by atoms with van der Waals surface area (Å²) in [5.74, 6) is -2.58. The first kappa shape index (κ1) is 23.5. The van der Waals surface area contributed by atoms with E-state index in [0.717, 1.165) is 24.3 Å². The van der Waals surface area contributed by atoms with E-state index in [9.17, 15) is 24.3 Å². The van der Waals surface area contributed by atoms with Gasteiger partial charge in [0.1, 0.15) is 30.5 Å². The highest BCUT2D eigenvalue weighted by molar-refractivity contribution is 5.94. The van der Waals surface area contributed by atoms with Gasteiger partial charge in [0.15, 0.2) is 24.1 Å². The summed E-state index contributed by atoms with van der Waals surface area (Å²) in [6.45, 7) is 1.58. The molecule has 8 atom stereocenters. The summed E-state index contributed by atoms with van der Waals surface area (Å²) < 4.78 is 37.6. The standard InChI is InChI=1S/C21H24O12/c1-10(22)2-3-15(24)32-13-8-29-21-14(9-30-20(13)21)33-17(26)5-4-16(25)31-12-7-28-18-11(23)6-27-19(12)18/h2-5,11-14,18-21,23H,6-9H2,1H3/t11-,12+,13+,14-,18-,19-,20-,21-/m1/s1. The third kappa shape index (κ3) is 5.47. The highest BCUT2D eigenvalue weighted by atomic mass is 16.7. The van der Waals surface area contributed by atoms with E-state index in [4.69, 9.17) is 33.2 Å². The second-order valence-electron chi connectivity index (χ2n) is 7.96. The van der Waals surface area contributed by atoms with E-state index in [1.54, 1.807) is 0 Å². The number of hydrogen-bond acceptors (Lipinski definition) is 12. The van der Waals surface area contributed by atoms with Crippen LogP contribution in [-0.2, 0) is 52.3 Å². The highest BCUT2D eigenvalue weighted by Crippen LogP contribution is 2.31. The fourth-order valence-electron chi connectivity index (χ4n) is 4.06. The molecular formula is C21H24O12. The van der Waals surface area contributed by atoms with Gasteiger partial charge in [0, 0.05) is 18.2 Å². The van der Waals surface area contributed by atoms with E-state index in [-0.39, 0.29) is 32.2 Å². The van der Waals surface area contributed by atoms with Crippen molar-refractivity contribution in [1.29, 1.82) is 0 Å². The van der Waals surface area contributed by atoms with Crippen molar-refractivity contribution in [2.75, 3.05) is 26.4 Å². The van der Waals surface area contributed by atoms with Crippen molar-refractivity contribution in [1.82, 2.24) is 0 Å². The fourth-order valence-corrected chi connectivity index (χ4v) is 4.06. The lowest BCUT2D eigenvalue weighted by Gasteiger charge is -2.16. The molecule has 4 aliphatic rings. The van der Waals surface area contributed by atoms with Crippen LogP contribution in [0.3, 0.4) is 0 Å². The van der Waals surface area contributed by atoms with Crippen LogP contribution in [0.5, 0.6) is 0 Å². The maximum absolute atomic E-state index is 12.1. The first-order valence-corrected chi connectivity index (χ1v) is 10.4. The molecule has 4 heterocycles. The maximum Gasteiger partial charge on any atom is 0.331 e. The van der Waals surface area contributed by atoms with Crippen LogP contribution in [0.25, 0.3) is 0 Å². The molecule has 0 aromatic heterocycles. The van der Waals surface area contributed by atoms with Gasteiger partial charge in [0.2, 0.25) is 0 Å². The summed E-state index contributed by atoms with van der Waals surface area (Å²) in [4.78, 5) is 46.8. The number of aliphatic hydroxyl groups is 1. The Morgan fingerprint density at radius 2 is 1.00 bits per heavy atom. The summed E-state index contributed by atoms with van der Waals surface area (Å²) >= 11 is 0. The Morgan fingerprint density at radius 3 is 1.45 bits per heavy atom. The molecule has 0 spiro atoms. The van der Waals surface area contributed by atoms with Crippen LogP contribution >= 0.6 is 0 Å². The summed E-state index contributed by atoms with van der Waals surface area (Å²) in [7, 11) is 0. The van der Waals surface area contributed by atoms with E-state index in [2.05, 4.69) is 0 Å². The van der Waals surface area contributed by atoms with Gasteiger partial charge in [-0.25, -0.2) is 14.4 Å². The van der Waals surface area contributed by atoms with Crippen molar-refractivity contribution in [3.05, 3.63) is 24.3 Å². The average Bonchev–Trinajstić information content (AvgIpc) is 3.52. The van der Waals surface area contributed by atoms with E-state index in [1.807, 2.05) is 0 Å². The van der Waals surface area contributed by atoms with Gasteiger partial charge in [-0.3, -0.25) is 4.79 Å². The first-order valence-electron chi connectivity index (χ1n) is 10.4. The van der Waals surface area contributed by atoms with Crippen molar-refractivity contribution < 1.29 is 57.4 Å². The highest BCUT2D eigenvalue weighted by Gasteiger charge is 2.51. The van der Waals surface area contributed by atoms with Gasteiger partial charge in [-0.05, 0) is 13.0 Å². The number of aliphatic hydroxyl groups excluding tert-OH is 1. The van der Waals surface area contributed by atoms with E-state index in [1.165, 1.54) is 6.92 Å². The van der Waals surface area contributed by atoms with Crippen LogP contribution in [-0.4, -0.2) is 104 Å². The number of esters is 3. The molecule has 180 valence electrons. The minimum atomic E-state index is -0.803. The Hall–Kier alpha value is -2.64. The van der Waals surface area contributed by atoms with Gasteiger partial charge in [-0.1, -0.05) is 0 Å². The zero-order valence-corrected chi connectivity index (χ0v) is 17.7. The molecular weight excluding hydrogens is 444 g/mol.